The Labute approximate surface area is 84.8 Å². The molecule has 15 heavy (non-hydrogen) atoms. The Kier molecular flexibility index (Phi) is 2.80. The average molecular weight is 211 g/mol. The summed E-state index contributed by atoms with van der Waals surface area (Å²) in [5.41, 5.74) is -0.695. The highest BCUT2D eigenvalue weighted by Crippen LogP contribution is 2.33. The fourth-order valence-electron chi connectivity index (χ4n) is 1.08. The molecule has 0 heterocycles. The topological polar surface area (TPSA) is 107 Å². The number of carbonyl (C=O) groups is 2. The van der Waals surface area contributed by atoms with E-state index in [1.165, 1.54) is 13.0 Å². The van der Waals surface area contributed by atoms with Crippen molar-refractivity contribution in [1.82, 2.24) is 0 Å². The molecule has 6 heteroatoms. The van der Waals surface area contributed by atoms with Crippen LogP contribution in [-0.2, 0) is 4.79 Å². The van der Waals surface area contributed by atoms with E-state index in [9.17, 15) is 14.7 Å². The molecule has 0 unspecified atom stereocenters. The van der Waals surface area contributed by atoms with Crippen LogP contribution in [0.25, 0.3) is 0 Å². The van der Waals surface area contributed by atoms with E-state index in [4.69, 9.17) is 10.2 Å². The van der Waals surface area contributed by atoms with Gasteiger partial charge < -0.3 is 20.6 Å². The monoisotopic (exact) mass is 211 g/mol. The number of aromatic carboxylic acids is 1. The molecule has 0 fully saturated rings. The quantitative estimate of drug-likeness (QED) is 0.426. The lowest BCUT2D eigenvalue weighted by molar-refractivity contribution is -0.114. The van der Waals surface area contributed by atoms with Crippen LogP contribution in [0.15, 0.2) is 12.1 Å². The van der Waals surface area contributed by atoms with Gasteiger partial charge in [0.15, 0.2) is 5.75 Å². The standard InChI is InChI=1S/C9H9NO5/c1-4(11)10-5-2-3-6(12)7(8(5)13)9(14)15/h2-3,12-13H,1H3,(H,10,11)(H,14,15). The van der Waals surface area contributed by atoms with Crippen molar-refractivity contribution in [3.63, 3.8) is 0 Å². The second kappa shape index (κ2) is 3.87. The highest BCUT2D eigenvalue weighted by Gasteiger charge is 2.18. The van der Waals surface area contributed by atoms with Crippen molar-refractivity contribution in [3.8, 4) is 11.5 Å². The third kappa shape index (κ3) is 2.16. The maximum Gasteiger partial charge on any atom is 0.343 e. The first-order chi connectivity index (χ1) is 6.93. The maximum atomic E-state index is 10.7. The highest BCUT2D eigenvalue weighted by molar-refractivity contribution is 5.99. The van der Waals surface area contributed by atoms with E-state index in [1.807, 2.05) is 0 Å². The van der Waals surface area contributed by atoms with Gasteiger partial charge >= 0.3 is 5.97 Å². The van der Waals surface area contributed by atoms with Crippen LogP contribution in [0, 0.1) is 0 Å². The van der Waals surface area contributed by atoms with Crippen LogP contribution >= 0.6 is 0 Å². The largest absolute Gasteiger partial charge is 0.507 e. The first-order valence-electron chi connectivity index (χ1n) is 3.99. The minimum absolute atomic E-state index is 0.0577. The van der Waals surface area contributed by atoms with Crippen LogP contribution in [0.5, 0.6) is 11.5 Å². The van der Waals surface area contributed by atoms with Crippen molar-refractivity contribution in [1.29, 1.82) is 0 Å². The number of carboxylic acid groups (broad SMARTS) is 1. The summed E-state index contributed by atoms with van der Waals surface area (Å²) < 4.78 is 0. The van der Waals surface area contributed by atoms with Crippen molar-refractivity contribution in [3.05, 3.63) is 17.7 Å². The van der Waals surface area contributed by atoms with Crippen molar-refractivity contribution >= 4 is 17.6 Å². The minimum Gasteiger partial charge on any atom is -0.507 e. The maximum absolute atomic E-state index is 10.7. The molecule has 0 aromatic heterocycles. The summed E-state index contributed by atoms with van der Waals surface area (Å²) in [5.74, 6) is -3.16. The number of hydrogen-bond donors (Lipinski definition) is 4. The fraction of sp³-hybridized carbons (Fsp3) is 0.111. The minimum atomic E-state index is -1.47. The lowest BCUT2D eigenvalue weighted by Gasteiger charge is -2.08. The zero-order valence-corrected chi connectivity index (χ0v) is 7.81. The van der Waals surface area contributed by atoms with Crippen molar-refractivity contribution in [2.24, 2.45) is 0 Å². The molecule has 0 saturated heterocycles. The van der Waals surface area contributed by atoms with E-state index in [0.29, 0.717) is 0 Å². The molecule has 0 aliphatic heterocycles. The van der Waals surface area contributed by atoms with Gasteiger partial charge in [0.25, 0.3) is 0 Å². The van der Waals surface area contributed by atoms with Crippen molar-refractivity contribution < 1.29 is 24.9 Å². The highest BCUT2D eigenvalue weighted by atomic mass is 16.4. The molecule has 1 rings (SSSR count). The number of carbonyl (C=O) groups excluding carboxylic acids is 1. The van der Waals surface area contributed by atoms with Gasteiger partial charge in [-0.05, 0) is 12.1 Å². The number of benzene rings is 1. The van der Waals surface area contributed by atoms with Gasteiger partial charge in [0, 0.05) is 6.92 Å². The molecule has 0 atom stereocenters. The number of rotatable bonds is 2. The van der Waals surface area contributed by atoms with Gasteiger partial charge in [0.05, 0.1) is 5.69 Å². The zero-order valence-electron chi connectivity index (χ0n) is 7.81. The molecule has 0 spiro atoms. The Balaban J connectivity index is 3.28. The lowest BCUT2D eigenvalue weighted by Crippen LogP contribution is -2.07. The molecule has 1 aromatic rings. The Hall–Kier alpha value is -2.24. The number of anilines is 1. The number of phenols is 2. The summed E-state index contributed by atoms with van der Waals surface area (Å²) in [4.78, 5) is 21.3. The number of amides is 1. The van der Waals surface area contributed by atoms with E-state index in [2.05, 4.69) is 5.32 Å². The smallest absolute Gasteiger partial charge is 0.343 e. The van der Waals surface area contributed by atoms with Crippen LogP contribution in [0.4, 0.5) is 5.69 Å². The third-order valence-electron chi connectivity index (χ3n) is 1.68. The van der Waals surface area contributed by atoms with Crippen LogP contribution in [0.1, 0.15) is 17.3 Å². The third-order valence-corrected chi connectivity index (χ3v) is 1.68. The van der Waals surface area contributed by atoms with Crippen LogP contribution in [-0.4, -0.2) is 27.2 Å². The Bertz CT molecular complexity index is 427. The van der Waals surface area contributed by atoms with Gasteiger partial charge in [-0.1, -0.05) is 0 Å². The van der Waals surface area contributed by atoms with Crippen molar-refractivity contribution in [2.75, 3.05) is 5.32 Å². The molecule has 80 valence electrons. The number of hydrogen-bond acceptors (Lipinski definition) is 4. The normalized spacial score (nSPS) is 9.67. The molecular formula is C9H9NO5. The molecule has 1 amide bonds. The van der Waals surface area contributed by atoms with Gasteiger partial charge in [-0.2, -0.15) is 0 Å². The van der Waals surface area contributed by atoms with E-state index in [0.717, 1.165) is 6.07 Å². The Morgan fingerprint density at radius 2 is 1.87 bits per heavy atom. The number of aromatic hydroxyl groups is 2. The van der Waals surface area contributed by atoms with Gasteiger partial charge in [-0.25, -0.2) is 4.79 Å². The Morgan fingerprint density at radius 1 is 1.27 bits per heavy atom. The fourth-order valence-corrected chi connectivity index (χ4v) is 1.08. The molecule has 0 aliphatic rings. The predicted molar refractivity (Wildman–Crippen MR) is 51.0 cm³/mol. The number of nitrogens with one attached hydrogen (secondary N) is 1. The molecule has 1 aromatic carbocycles. The second-order valence-corrected chi connectivity index (χ2v) is 2.84. The van der Waals surface area contributed by atoms with E-state index >= 15 is 0 Å². The van der Waals surface area contributed by atoms with E-state index in [-0.39, 0.29) is 5.69 Å². The molecule has 0 aliphatic carbocycles. The second-order valence-electron chi connectivity index (χ2n) is 2.84. The van der Waals surface area contributed by atoms with Gasteiger partial charge in [-0.15, -0.1) is 0 Å². The van der Waals surface area contributed by atoms with E-state index < -0.39 is 28.9 Å². The van der Waals surface area contributed by atoms with Crippen LogP contribution in [0.3, 0.4) is 0 Å². The van der Waals surface area contributed by atoms with Gasteiger partial charge in [0.1, 0.15) is 11.3 Å². The molecule has 0 radical (unpaired) electrons. The average Bonchev–Trinajstić information content (AvgIpc) is 2.09. The molecule has 0 saturated carbocycles. The summed E-state index contributed by atoms with van der Waals surface area (Å²) >= 11 is 0. The molecule has 6 nitrogen and oxygen atoms in total. The number of carboxylic acids is 1. The zero-order chi connectivity index (χ0) is 11.6. The molecule has 0 bridgehead atoms. The summed E-state index contributed by atoms with van der Waals surface area (Å²) in [7, 11) is 0. The van der Waals surface area contributed by atoms with Crippen molar-refractivity contribution in [2.45, 2.75) is 6.92 Å². The SMILES string of the molecule is CC(=O)Nc1ccc(O)c(C(=O)O)c1O. The molecular weight excluding hydrogens is 202 g/mol. The van der Waals surface area contributed by atoms with E-state index in [1.54, 1.807) is 0 Å². The van der Waals surface area contributed by atoms with Gasteiger partial charge in [-0.3, -0.25) is 4.79 Å². The predicted octanol–water partition coefficient (Wildman–Crippen LogP) is 0.754. The van der Waals surface area contributed by atoms with Crippen LogP contribution < -0.4 is 5.32 Å². The van der Waals surface area contributed by atoms with Crippen LogP contribution in [0.2, 0.25) is 0 Å². The first-order valence-corrected chi connectivity index (χ1v) is 3.99. The lowest BCUT2D eigenvalue weighted by atomic mass is 10.1. The summed E-state index contributed by atoms with van der Waals surface area (Å²) in [6.07, 6.45) is 0. The summed E-state index contributed by atoms with van der Waals surface area (Å²) in [6, 6.07) is 2.28. The summed E-state index contributed by atoms with van der Waals surface area (Å²) in [6.45, 7) is 1.22. The first kappa shape index (κ1) is 10.8. The van der Waals surface area contributed by atoms with Gasteiger partial charge in [0.2, 0.25) is 5.91 Å². The summed E-state index contributed by atoms with van der Waals surface area (Å²) in [5, 5.41) is 29.5. The molecule has 4 N–H and O–H groups in total. The Morgan fingerprint density at radius 3 is 2.33 bits per heavy atom.